The van der Waals surface area contributed by atoms with Gasteiger partial charge < -0.3 is 5.73 Å². The predicted molar refractivity (Wildman–Crippen MR) is 108 cm³/mol. The van der Waals surface area contributed by atoms with Crippen LogP contribution in [0.5, 0.6) is 0 Å². The average Bonchev–Trinajstić information content (AvgIpc) is 2.95. The summed E-state index contributed by atoms with van der Waals surface area (Å²) in [6.07, 6.45) is 0. The van der Waals surface area contributed by atoms with Crippen molar-refractivity contribution in [3.8, 4) is 11.1 Å². The Morgan fingerprint density at radius 3 is 2.48 bits per heavy atom. The minimum Gasteiger partial charge on any atom is -0.382 e. The number of nitrogens with zero attached hydrogens (tertiary/aromatic N) is 2. The lowest BCUT2D eigenvalue weighted by Gasteiger charge is -2.44. The molecule has 3 aromatic rings. The Morgan fingerprint density at radius 1 is 1.19 bits per heavy atom. The van der Waals surface area contributed by atoms with Gasteiger partial charge in [0.05, 0.1) is 10.4 Å². The summed E-state index contributed by atoms with van der Waals surface area (Å²) in [6, 6.07) is 8.72. The zero-order valence-electron chi connectivity index (χ0n) is 15.4. The molecule has 27 heavy (non-hydrogen) atoms. The topological polar surface area (TPSA) is 92.1 Å². The molecule has 0 radical (unpaired) electrons. The first-order chi connectivity index (χ1) is 12.6. The number of nitrogens with one attached hydrogen (secondary N) is 1. The molecule has 3 N–H and O–H groups in total. The summed E-state index contributed by atoms with van der Waals surface area (Å²) in [7, 11) is -3.52. The van der Waals surface area contributed by atoms with Crippen LogP contribution in [0, 0.1) is 12.3 Å². The molecular formula is C19H21ClN4O2S. The molecule has 0 bridgehead atoms. The molecule has 0 amide bonds. The van der Waals surface area contributed by atoms with Crippen molar-refractivity contribution in [1.29, 1.82) is 0 Å². The van der Waals surface area contributed by atoms with Crippen LogP contribution in [-0.2, 0) is 10.0 Å². The van der Waals surface area contributed by atoms with Gasteiger partial charge in [0.1, 0.15) is 0 Å². The Balaban J connectivity index is 1.75. The number of rotatable bonds is 3. The second-order valence-corrected chi connectivity index (χ2v) is 10.2. The van der Waals surface area contributed by atoms with E-state index in [0.29, 0.717) is 23.9 Å². The fraction of sp³-hybridized carbons (Fsp3) is 0.316. The van der Waals surface area contributed by atoms with Crippen molar-refractivity contribution >= 4 is 38.3 Å². The average molecular weight is 405 g/mol. The maximum absolute atomic E-state index is 12.8. The normalized spacial score (nSPS) is 17.2. The third kappa shape index (κ3) is 2.90. The molecule has 0 atom stereocenters. The number of hydrogen-bond acceptors (Lipinski definition) is 4. The second-order valence-electron chi connectivity index (χ2n) is 7.85. The first kappa shape index (κ1) is 18.3. The Kier molecular flexibility index (Phi) is 4.03. The first-order valence-corrected chi connectivity index (χ1v) is 10.5. The first-order valence-electron chi connectivity index (χ1n) is 8.63. The van der Waals surface area contributed by atoms with Gasteiger partial charge in [0.25, 0.3) is 0 Å². The second kappa shape index (κ2) is 5.95. The van der Waals surface area contributed by atoms with Crippen molar-refractivity contribution in [3.05, 3.63) is 40.9 Å². The van der Waals surface area contributed by atoms with Crippen LogP contribution in [0.3, 0.4) is 0 Å². The molecule has 1 aliphatic heterocycles. The van der Waals surface area contributed by atoms with E-state index >= 15 is 0 Å². The summed E-state index contributed by atoms with van der Waals surface area (Å²) in [5.41, 5.74) is 9.44. The van der Waals surface area contributed by atoms with Crippen LogP contribution >= 0.6 is 11.6 Å². The number of aryl methyl sites for hydroxylation is 1. The molecule has 0 saturated carbocycles. The van der Waals surface area contributed by atoms with Crippen LogP contribution in [0.2, 0.25) is 5.02 Å². The summed E-state index contributed by atoms with van der Waals surface area (Å²) in [5.74, 6) is 0.431. The van der Waals surface area contributed by atoms with Crippen LogP contribution in [-0.4, -0.2) is 36.0 Å². The van der Waals surface area contributed by atoms with Gasteiger partial charge in [-0.15, -0.1) is 0 Å². The van der Waals surface area contributed by atoms with Gasteiger partial charge in [-0.1, -0.05) is 37.6 Å². The summed E-state index contributed by atoms with van der Waals surface area (Å²) in [5, 5.41) is 8.17. The maximum atomic E-state index is 12.8. The molecule has 2 aromatic carbocycles. The van der Waals surface area contributed by atoms with E-state index in [0.717, 1.165) is 27.6 Å². The number of nitrogen functional groups attached to an aromatic ring is 1. The van der Waals surface area contributed by atoms with Crippen molar-refractivity contribution in [3.63, 3.8) is 0 Å². The maximum Gasteiger partial charge on any atom is 0.243 e. The highest BCUT2D eigenvalue weighted by molar-refractivity contribution is 7.89. The van der Waals surface area contributed by atoms with Crippen molar-refractivity contribution in [2.24, 2.45) is 5.41 Å². The highest BCUT2D eigenvalue weighted by Crippen LogP contribution is 2.38. The summed E-state index contributed by atoms with van der Waals surface area (Å²) >= 11 is 6.49. The predicted octanol–water partition coefficient (Wildman–Crippen LogP) is 3.80. The summed E-state index contributed by atoms with van der Waals surface area (Å²) in [6.45, 7) is 7.09. The molecule has 2 heterocycles. The summed E-state index contributed by atoms with van der Waals surface area (Å²) in [4.78, 5) is 0.216. The number of hydrogen-bond donors (Lipinski definition) is 2. The van der Waals surface area contributed by atoms with E-state index in [1.165, 1.54) is 10.4 Å². The number of aromatic amines is 1. The third-order valence-electron chi connectivity index (χ3n) is 5.10. The van der Waals surface area contributed by atoms with Gasteiger partial charge in [-0.05, 0) is 41.7 Å². The number of aromatic nitrogens is 2. The van der Waals surface area contributed by atoms with Crippen LogP contribution in [0.4, 0.5) is 5.82 Å². The van der Waals surface area contributed by atoms with Gasteiger partial charge in [-0.25, -0.2) is 8.42 Å². The monoisotopic (exact) mass is 404 g/mol. The van der Waals surface area contributed by atoms with Crippen LogP contribution < -0.4 is 5.73 Å². The largest absolute Gasteiger partial charge is 0.382 e. The van der Waals surface area contributed by atoms with E-state index in [1.54, 1.807) is 12.1 Å². The zero-order chi connectivity index (χ0) is 19.6. The van der Waals surface area contributed by atoms with Gasteiger partial charge in [-0.2, -0.15) is 9.40 Å². The van der Waals surface area contributed by atoms with E-state index in [9.17, 15) is 8.42 Å². The third-order valence-corrected chi connectivity index (χ3v) is 7.20. The lowest BCUT2D eigenvalue weighted by atomic mass is 9.87. The lowest BCUT2D eigenvalue weighted by Crippen LogP contribution is -2.55. The minimum atomic E-state index is -3.52. The van der Waals surface area contributed by atoms with Crippen molar-refractivity contribution < 1.29 is 8.42 Å². The molecule has 0 spiro atoms. The van der Waals surface area contributed by atoms with Crippen molar-refractivity contribution in [1.82, 2.24) is 14.5 Å². The molecule has 8 heteroatoms. The minimum absolute atomic E-state index is 0.0217. The molecule has 1 aliphatic rings. The Labute approximate surface area is 163 Å². The van der Waals surface area contributed by atoms with Gasteiger partial charge in [-0.3, -0.25) is 5.10 Å². The standard InChI is InChI=1S/C19H21ClN4O2S/c1-11-13(6-7-16-17(11)18(21)23-22-16)14-5-4-12(8-15(14)20)27(25,26)24-9-19(2,3)10-24/h4-8H,9-10H2,1-3H3,(H3,21,22,23). The Morgan fingerprint density at radius 2 is 1.85 bits per heavy atom. The Bertz CT molecular complexity index is 1160. The van der Waals surface area contributed by atoms with E-state index in [4.69, 9.17) is 17.3 Å². The molecule has 0 aliphatic carbocycles. The molecule has 1 saturated heterocycles. The number of halogens is 1. The number of sulfonamides is 1. The van der Waals surface area contributed by atoms with Crippen molar-refractivity contribution in [2.75, 3.05) is 18.8 Å². The molecular weight excluding hydrogens is 384 g/mol. The molecule has 0 unspecified atom stereocenters. The molecule has 1 fully saturated rings. The number of H-pyrrole nitrogens is 1. The fourth-order valence-corrected chi connectivity index (χ4v) is 5.90. The number of nitrogens with two attached hydrogens (primary N) is 1. The van der Waals surface area contributed by atoms with Crippen LogP contribution in [0.15, 0.2) is 35.2 Å². The van der Waals surface area contributed by atoms with Crippen molar-refractivity contribution in [2.45, 2.75) is 25.7 Å². The van der Waals surface area contributed by atoms with E-state index < -0.39 is 10.0 Å². The smallest absolute Gasteiger partial charge is 0.243 e. The molecule has 142 valence electrons. The highest BCUT2D eigenvalue weighted by Gasteiger charge is 2.42. The van der Waals surface area contributed by atoms with Crippen LogP contribution in [0.25, 0.3) is 22.0 Å². The zero-order valence-corrected chi connectivity index (χ0v) is 16.9. The quantitative estimate of drug-likeness (QED) is 0.694. The molecule has 4 rings (SSSR count). The SMILES string of the molecule is Cc1c(-c2ccc(S(=O)(=O)N3CC(C)(C)C3)cc2Cl)ccc2[nH]nc(N)c12. The van der Waals surface area contributed by atoms with Crippen LogP contribution in [0.1, 0.15) is 19.4 Å². The lowest BCUT2D eigenvalue weighted by molar-refractivity contribution is 0.111. The molecule has 1 aromatic heterocycles. The van der Waals surface area contributed by atoms with Gasteiger partial charge in [0.2, 0.25) is 10.0 Å². The summed E-state index contributed by atoms with van der Waals surface area (Å²) < 4.78 is 27.1. The fourth-order valence-electron chi connectivity index (χ4n) is 3.71. The van der Waals surface area contributed by atoms with Gasteiger partial charge in [0.15, 0.2) is 5.82 Å². The highest BCUT2D eigenvalue weighted by atomic mass is 35.5. The van der Waals surface area contributed by atoms with E-state index in [1.807, 2.05) is 19.1 Å². The van der Waals surface area contributed by atoms with Gasteiger partial charge >= 0.3 is 0 Å². The Hall–Kier alpha value is -2.09. The number of fused-ring (bicyclic) bond motifs is 1. The van der Waals surface area contributed by atoms with Gasteiger partial charge in [0, 0.05) is 29.1 Å². The van der Waals surface area contributed by atoms with E-state index in [-0.39, 0.29) is 10.3 Å². The number of benzene rings is 2. The molecule has 6 nitrogen and oxygen atoms in total. The number of anilines is 1. The van der Waals surface area contributed by atoms with E-state index in [2.05, 4.69) is 24.0 Å².